The summed E-state index contributed by atoms with van der Waals surface area (Å²) in [6.45, 7) is 5.56. The Balaban J connectivity index is 0.00000150. The van der Waals surface area contributed by atoms with Gasteiger partial charge in [-0.1, -0.05) is 12.8 Å². The maximum atomic E-state index is 13.1. The number of rotatable bonds is 4. The molecule has 0 aromatic rings. The van der Waals surface area contributed by atoms with Crippen molar-refractivity contribution in [3.63, 3.8) is 0 Å². The van der Waals surface area contributed by atoms with Gasteiger partial charge in [0.05, 0.1) is 0 Å². The normalized spacial score (nSPS) is 33.9. The van der Waals surface area contributed by atoms with E-state index in [1.54, 1.807) is 0 Å². The Labute approximate surface area is 201 Å². The Kier molecular flexibility index (Phi) is 11.7. The minimum Gasteiger partial charge on any atom is -0.354 e. The van der Waals surface area contributed by atoms with E-state index in [0.717, 1.165) is 32.5 Å². The Bertz CT molecular complexity index is 511. The lowest BCUT2D eigenvalue weighted by molar-refractivity contribution is -0.129. The van der Waals surface area contributed by atoms with Gasteiger partial charge in [-0.25, -0.2) is 0 Å². The number of amides is 1. The number of carbonyl (C=O) groups excluding carboxylic acids is 1. The van der Waals surface area contributed by atoms with E-state index in [9.17, 15) is 4.79 Å². The first-order chi connectivity index (χ1) is 13.1. The van der Waals surface area contributed by atoms with Crippen LogP contribution in [0.2, 0.25) is 0 Å². The van der Waals surface area contributed by atoms with Gasteiger partial charge in [-0.05, 0) is 96.4 Å². The van der Waals surface area contributed by atoms with Crippen LogP contribution in [0.15, 0.2) is 0 Å². The van der Waals surface area contributed by atoms with E-state index in [1.165, 1.54) is 64.5 Å². The largest absolute Gasteiger partial charge is 0.354 e. The number of nitrogens with one attached hydrogen (secondary N) is 1. The van der Waals surface area contributed by atoms with Gasteiger partial charge in [0.2, 0.25) is 5.91 Å². The maximum absolute atomic E-state index is 13.1. The summed E-state index contributed by atoms with van der Waals surface area (Å²) in [6.07, 6.45) is 12.2. The van der Waals surface area contributed by atoms with Crippen molar-refractivity contribution in [1.29, 1.82) is 0 Å². The Morgan fingerprint density at radius 3 is 2.07 bits per heavy atom. The predicted molar refractivity (Wildman–Crippen MR) is 131 cm³/mol. The van der Waals surface area contributed by atoms with Gasteiger partial charge >= 0.3 is 0 Å². The molecule has 3 N–H and O–H groups in total. The minimum absolute atomic E-state index is 0. The zero-order valence-corrected chi connectivity index (χ0v) is 21.0. The van der Waals surface area contributed by atoms with Gasteiger partial charge < -0.3 is 16.0 Å². The second-order valence-corrected chi connectivity index (χ2v) is 9.99. The van der Waals surface area contributed by atoms with Crippen molar-refractivity contribution in [3.05, 3.63) is 0 Å². The van der Waals surface area contributed by atoms with Crippen molar-refractivity contribution in [1.82, 2.24) is 15.1 Å². The number of fused-ring (bicyclic) bond motifs is 2. The molecule has 2 aliphatic carbocycles. The number of nitrogens with two attached hydrogens (primary N) is 1. The Morgan fingerprint density at radius 2 is 1.50 bits per heavy atom. The average molecular weight is 486 g/mol. The van der Waals surface area contributed by atoms with Crippen molar-refractivity contribution in [2.45, 2.75) is 75.8 Å². The quantitative estimate of drug-likeness (QED) is 0.640. The number of carbonyl (C=O) groups is 1. The molecule has 4 fully saturated rings. The van der Waals surface area contributed by atoms with Crippen LogP contribution in [-0.2, 0) is 4.79 Å². The number of nitrogens with zero attached hydrogens (tertiary/aromatic N) is 2. The second-order valence-electron chi connectivity index (χ2n) is 9.99. The van der Waals surface area contributed by atoms with Crippen LogP contribution < -0.4 is 11.1 Å². The third kappa shape index (κ3) is 6.17. The molecular weight excluding hydrogens is 443 g/mol. The molecule has 1 amide bonds. The molecular formula is C22H43Cl3N4O. The topological polar surface area (TPSA) is 61.6 Å². The van der Waals surface area contributed by atoms with Crippen LogP contribution >= 0.6 is 37.2 Å². The van der Waals surface area contributed by atoms with Crippen LogP contribution in [0.5, 0.6) is 0 Å². The third-order valence-corrected chi connectivity index (χ3v) is 8.32. The highest BCUT2D eigenvalue weighted by molar-refractivity contribution is 5.86. The molecule has 2 atom stereocenters. The number of likely N-dealkylation sites (tertiary alicyclic amines) is 2. The molecule has 8 heteroatoms. The highest BCUT2D eigenvalue weighted by atomic mass is 35.5. The summed E-state index contributed by atoms with van der Waals surface area (Å²) < 4.78 is 0. The Hall–Kier alpha value is 0.220. The first-order valence-electron chi connectivity index (χ1n) is 11.5. The Morgan fingerprint density at radius 1 is 0.933 bits per heavy atom. The highest BCUT2D eigenvalue weighted by Crippen LogP contribution is 2.42. The fourth-order valence-corrected chi connectivity index (χ4v) is 6.41. The average Bonchev–Trinajstić information content (AvgIpc) is 2.68. The van der Waals surface area contributed by atoms with Gasteiger partial charge in [0.25, 0.3) is 0 Å². The molecule has 4 aliphatic rings. The summed E-state index contributed by atoms with van der Waals surface area (Å²) in [5.41, 5.74) is 6.61. The monoisotopic (exact) mass is 484 g/mol. The lowest BCUT2D eigenvalue weighted by Crippen LogP contribution is -2.62. The fraction of sp³-hybridized carbons (Fsp3) is 0.955. The summed E-state index contributed by atoms with van der Waals surface area (Å²) in [4.78, 5) is 18.2. The number of piperidine rings is 2. The van der Waals surface area contributed by atoms with E-state index < -0.39 is 0 Å². The van der Waals surface area contributed by atoms with Gasteiger partial charge in [-0.2, -0.15) is 0 Å². The van der Waals surface area contributed by atoms with Crippen molar-refractivity contribution in [3.8, 4) is 0 Å². The predicted octanol–water partition coefficient (Wildman–Crippen LogP) is 3.47. The zero-order valence-electron chi connectivity index (χ0n) is 18.5. The van der Waals surface area contributed by atoms with Crippen LogP contribution in [-0.4, -0.2) is 67.1 Å². The summed E-state index contributed by atoms with van der Waals surface area (Å²) in [6, 6.07) is 0.344. The third-order valence-electron chi connectivity index (χ3n) is 8.32. The lowest BCUT2D eigenvalue weighted by atomic mass is 9.65. The van der Waals surface area contributed by atoms with Crippen LogP contribution in [0, 0.1) is 17.8 Å². The first-order valence-corrected chi connectivity index (χ1v) is 11.5. The molecule has 2 aliphatic heterocycles. The molecule has 0 aromatic carbocycles. The molecule has 4 rings (SSSR count). The molecule has 0 radical (unpaired) electrons. The number of halogens is 3. The van der Waals surface area contributed by atoms with Gasteiger partial charge in [-0.3, -0.25) is 9.69 Å². The molecule has 2 heterocycles. The SMILES string of the molecule is CN1CCC(CNC(=O)C2CC3CCCC(C2)C3N)(N2CCCCC2)CC1.Cl.Cl.Cl. The van der Waals surface area contributed by atoms with E-state index in [-0.39, 0.29) is 48.7 Å². The van der Waals surface area contributed by atoms with Crippen molar-refractivity contribution >= 4 is 43.1 Å². The summed E-state index contributed by atoms with van der Waals surface area (Å²) >= 11 is 0. The summed E-state index contributed by atoms with van der Waals surface area (Å²) in [7, 11) is 2.22. The minimum atomic E-state index is 0. The van der Waals surface area contributed by atoms with Crippen LogP contribution in [0.3, 0.4) is 0 Å². The molecule has 0 aromatic heterocycles. The highest BCUT2D eigenvalue weighted by Gasteiger charge is 2.43. The standard InChI is InChI=1S/C22H40N4O.3ClH/c1-25-12-8-22(9-13-25,26-10-3-2-4-11-26)16-24-21(27)19-14-17-6-5-7-18(15-19)20(17)23;;;/h17-20H,2-16,23H2,1H3,(H,24,27);3*1H. The molecule has 2 bridgehead atoms. The summed E-state index contributed by atoms with van der Waals surface area (Å²) in [5, 5.41) is 3.44. The van der Waals surface area contributed by atoms with Crippen LogP contribution in [0.25, 0.3) is 0 Å². The van der Waals surface area contributed by atoms with Crippen LogP contribution in [0.4, 0.5) is 0 Å². The van der Waals surface area contributed by atoms with E-state index in [0.29, 0.717) is 23.8 Å². The van der Waals surface area contributed by atoms with Gasteiger partial charge in [0.1, 0.15) is 0 Å². The zero-order chi connectivity index (χ0) is 18.9. The van der Waals surface area contributed by atoms with Crippen LogP contribution in [0.1, 0.15) is 64.2 Å². The molecule has 0 spiro atoms. The smallest absolute Gasteiger partial charge is 0.223 e. The number of hydrogen-bond acceptors (Lipinski definition) is 4. The van der Waals surface area contributed by atoms with Crippen molar-refractivity contribution in [2.24, 2.45) is 23.5 Å². The van der Waals surface area contributed by atoms with E-state index in [1.807, 2.05) is 0 Å². The molecule has 30 heavy (non-hydrogen) atoms. The number of hydrogen-bond donors (Lipinski definition) is 2. The van der Waals surface area contributed by atoms with E-state index in [2.05, 4.69) is 22.2 Å². The summed E-state index contributed by atoms with van der Waals surface area (Å²) in [5.74, 6) is 1.67. The van der Waals surface area contributed by atoms with Gasteiger partial charge in [0, 0.05) is 24.0 Å². The second kappa shape index (κ2) is 12.5. The van der Waals surface area contributed by atoms with Gasteiger partial charge in [-0.15, -0.1) is 37.2 Å². The lowest BCUT2D eigenvalue weighted by Gasteiger charge is -2.50. The first kappa shape index (κ1) is 28.3. The molecule has 2 unspecified atom stereocenters. The fourth-order valence-electron chi connectivity index (χ4n) is 6.41. The van der Waals surface area contributed by atoms with E-state index in [4.69, 9.17) is 5.73 Å². The molecule has 5 nitrogen and oxygen atoms in total. The van der Waals surface area contributed by atoms with Crippen molar-refractivity contribution < 1.29 is 4.79 Å². The van der Waals surface area contributed by atoms with Gasteiger partial charge in [0.15, 0.2) is 0 Å². The van der Waals surface area contributed by atoms with Crippen molar-refractivity contribution in [2.75, 3.05) is 39.8 Å². The van der Waals surface area contributed by atoms with E-state index >= 15 is 0 Å². The molecule has 2 saturated heterocycles. The molecule has 2 saturated carbocycles. The maximum Gasteiger partial charge on any atom is 0.223 e. The molecule has 178 valence electrons.